The van der Waals surface area contributed by atoms with Crippen molar-refractivity contribution in [2.75, 3.05) is 13.7 Å². The Hall–Kier alpha value is -4.45. The molecule has 9 nitrogen and oxygen atoms in total. The van der Waals surface area contributed by atoms with Gasteiger partial charge in [-0.15, -0.1) is 5.10 Å². The lowest BCUT2D eigenvalue weighted by Gasteiger charge is -2.44. The number of aliphatic hydroxyl groups excluding tert-OH is 1. The monoisotopic (exact) mass is 609 g/mol. The van der Waals surface area contributed by atoms with Gasteiger partial charge in [0.1, 0.15) is 12.4 Å². The summed E-state index contributed by atoms with van der Waals surface area (Å²) in [5.74, 6) is -0.882. The van der Waals surface area contributed by atoms with Gasteiger partial charge in [0, 0.05) is 24.1 Å². The first kappa shape index (κ1) is 31.0. The molecule has 1 saturated carbocycles. The third-order valence-electron chi connectivity index (χ3n) is 8.09. The molecule has 12 heteroatoms. The van der Waals surface area contributed by atoms with Crippen molar-refractivity contribution in [3.63, 3.8) is 0 Å². The van der Waals surface area contributed by atoms with Crippen LogP contribution in [0.4, 0.5) is 18.0 Å². The van der Waals surface area contributed by atoms with E-state index in [4.69, 9.17) is 9.47 Å². The number of methoxy groups -OCH3 is 1. The van der Waals surface area contributed by atoms with E-state index in [9.17, 15) is 23.1 Å². The molecule has 1 amide bonds. The molecule has 1 N–H and O–H groups in total. The molecule has 1 heterocycles. The minimum absolute atomic E-state index is 0.00599. The molecule has 3 aromatic carbocycles. The van der Waals surface area contributed by atoms with E-state index in [0.29, 0.717) is 28.8 Å². The van der Waals surface area contributed by atoms with Gasteiger partial charge in [0.05, 0.1) is 19.3 Å². The fourth-order valence-corrected chi connectivity index (χ4v) is 6.13. The summed E-state index contributed by atoms with van der Waals surface area (Å²) in [5, 5.41) is 19.9. The topological polar surface area (TPSA) is 103 Å². The van der Waals surface area contributed by atoms with E-state index < -0.39 is 18.1 Å². The highest BCUT2D eigenvalue weighted by atomic mass is 19.4. The Bertz CT molecular complexity index is 1520. The summed E-state index contributed by atoms with van der Waals surface area (Å²) in [7, 11) is 1.46. The zero-order valence-corrected chi connectivity index (χ0v) is 24.2. The molecule has 0 spiro atoms. The summed E-state index contributed by atoms with van der Waals surface area (Å²) in [4.78, 5) is 15.6. The minimum atomic E-state index is -4.77. The van der Waals surface area contributed by atoms with Crippen LogP contribution in [-0.4, -0.2) is 56.1 Å². The van der Waals surface area contributed by atoms with Crippen LogP contribution in [0.2, 0.25) is 0 Å². The Kier molecular flexibility index (Phi) is 9.78. The van der Waals surface area contributed by atoms with E-state index in [1.54, 1.807) is 4.90 Å². The molecule has 232 valence electrons. The number of ether oxygens (including phenoxy) is 2. The second kappa shape index (κ2) is 13.9. The Labute approximate surface area is 253 Å². The van der Waals surface area contributed by atoms with Crippen LogP contribution in [0.1, 0.15) is 54.1 Å². The van der Waals surface area contributed by atoms with Crippen LogP contribution in [0.15, 0.2) is 78.9 Å². The third-order valence-corrected chi connectivity index (χ3v) is 8.09. The van der Waals surface area contributed by atoms with Crippen molar-refractivity contribution < 1.29 is 32.5 Å². The molecular formula is C32H34F3N5O4. The van der Waals surface area contributed by atoms with E-state index in [1.807, 2.05) is 60.7 Å². The van der Waals surface area contributed by atoms with Crippen LogP contribution in [0.5, 0.6) is 5.75 Å². The predicted octanol–water partition coefficient (Wildman–Crippen LogP) is 6.16. The average Bonchev–Trinajstić information content (AvgIpc) is 3.55. The van der Waals surface area contributed by atoms with Crippen molar-refractivity contribution in [1.82, 2.24) is 25.1 Å². The molecule has 1 aromatic heterocycles. The van der Waals surface area contributed by atoms with Crippen LogP contribution in [0.25, 0.3) is 5.69 Å². The van der Waals surface area contributed by atoms with Gasteiger partial charge in [-0.2, -0.15) is 17.9 Å². The lowest BCUT2D eigenvalue weighted by atomic mass is 9.70. The van der Waals surface area contributed by atoms with Crippen LogP contribution < -0.4 is 4.74 Å². The van der Waals surface area contributed by atoms with Gasteiger partial charge in [0.2, 0.25) is 0 Å². The summed E-state index contributed by atoms with van der Waals surface area (Å²) in [6.45, 7) is 0.0617. The fourth-order valence-electron chi connectivity index (χ4n) is 6.13. The molecule has 0 bridgehead atoms. The van der Waals surface area contributed by atoms with E-state index >= 15 is 0 Å². The number of halogens is 3. The van der Waals surface area contributed by atoms with Gasteiger partial charge >= 0.3 is 12.3 Å². The maximum absolute atomic E-state index is 14.0. The van der Waals surface area contributed by atoms with Crippen LogP contribution in [-0.2, 0) is 24.1 Å². The number of tetrazole rings is 1. The van der Waals surface area contributed by atoms with Crippen molar-refractivity contribution in [1.29, 1.82) is 0 Å². The normalized spacial score (nSPS) is 18.5. The first-order chi connectivity index (χ1) is 21.3. The molecule has 5 rings (SSSR count). The quantitative estimate of drug-likeness (QED) is 0.230. The number of hydrogen-bond donors (Lipinski definition) is 1. The summed E-state index contributed by atoms with van der Waals surface area (Å²) in [5.41, 5.74) is 2.39. The number of amides is 1. The fraction of sp³-hybridized carbons (Fsp3) is 0.375. The lowest BCUT2D eigenvalue weighted by Crippen LogP contribution is -2.47. The molecular weight excluding hydrogens is 575 g/mol. The van der Waals surface area contributed by atoms with Crippen molar-refractivity contribution in [3.8, 4) is 11.4 Å². The highest BCUT2D eigenvalue weighted by Crippen LogP contribution is 2.43. The maximum Gasteiger partial charge on any atom is 0.453 e. The second-order valence-corrected chi connectivity index (χ2v) is 10.8. The number of benzene rings is 3. The van der Waals surface area contributed by atoms with Crippen molar-refractivity contribution in [2.24, 2.45) is 5.92 Å². The molecule has 44 heavy (non-hydrogen) atoms. The number of rotatable bonds is 10. The Morgan fingerprint density at radius 3 is 2.45 bits per heavy atom. The first-order valence-corrected chi connectivity index (χ1v) is 14.5. The number of aliphatic hydroxyl groups is 1. The van der Waals surface area contributed by atoms with Crippen LogP contribution >= 0.6 is 0 Å². The molecule has 0 aliphatic heterocycles. The minimum Gasteiger partial charge on any atom is -0.496 e. The number of alkyl halides is 3. The molecule has 1 fully saturated rings. The molecule has 0 saturated heterocycles. The standard InChI is InChI=1S/C32H34F3N5O4/c1-43-28-16-15-26(40-30(32(33,34)35)36-37-38-40)19-25(28)20-39(31(42)44-21-22-9-4-2-5-10-22)27-14-8-13-24(17-18-41)29(27)23-11-6-3-7-12-23/h2-7,9-12,15-16,19,24,27,29,41H,8,13-14,17-18,20-21H2,1H3. The Morgan fingerprint density at radius 2 is 1.77 bits per heavy atom. The van der Waals surface area contributed by atoms with Gasteiger partial charge in [-0.1, -0.05) is 67.1 Å². The number of carbonyl (C=O) groups is 1. The second-order valence-electron chi connectivity index (χ2n) is 10.8. The van der Waals surface area contributed by atoms with E-state index in [1.165, 1.54) is 25.3 Å². The van der Waals surface area contributed by atoms with E-state index in [0.717, 1.165) is 24.0 Å². The van der Waals surface area contributed by atoms with Crippen molar-refractivity contribution in [2.45, 2.75) is 57.0 Å². The van der Waals surface area contributed by atoms with E-state index in [-0.39, 0.29) is 43.3 Å². The predicted molar refractivity (Wildman–Crippen MR) is 155 cm³/mol. The maximum atomic E-state index is 14.0. The van der Waals surface area contributed by atoms with E-state index in [2.05, 4.69) is 15.5 Å². The Balaban J connectivity index is 1.55. The molecule has 1 aliphatic carbocycles. The highest BCUT2D eigenvalue weighted by Gasteiger charge is 2.41. The zero-order valence-electron chi connectivity index (χ0n) is 24.2. The molecule has 3 atom stereocenters. The molecule has 1 aliphatic rings. The average molecular weight is 610 g/mol. The van der Waals surface area contributed by atoms with Gasteiger partial charge in [-0.3, -0.25) is 0 Å². The summed E-state index contributed by atoms with van der Waals surface area (Å²) >= 11 is 0. The zero-order chi connectivity index (χ0) is 31.1. The SMILES string of the molecule is COc1ccc(-n2nnnc2C(F)(F)F)cc1CN(C(=O)OCc1ccccc1)C1CCCC(CCO)C1c1ccccc1. The van der Waals surface area contributed by atoms with Crippen LogP contribution in [0, 0.1) is 5.92 Å². The van der Waals surface area contributed by atoms with Gasteiger partial charge in [-0.05, 0) is 64.9 Å². The first-order valence-electron chi connectivity index (χ1n) is 14.5. The van der Waals surface area contributed by atoms with Crippen molar-refractivity contribution in [3.05, 3.63) is 101 Å². The largest absolute Gasteiger partial charge is 0.496 e. The summed E-state index contributed by atoms with van der Waals surface area (Å²) in [6, 6.07) is 23.3. The number of hydrogen-bond acceptors (Lipinski definition) is 7. The lowest BCUT2D eigenvalue weighted by molar-refractivity contribution is -0.146. The molecule has 3 unspecified atom stereocenters. The van der Waals surface area contributed by atoms with Gasteiger partial charge in [0.25, 0.3) is 5.82 Å². The van der Waals surface area contributed by atoms with Crippen LogP contribution in [0.3, 0.4) is 0 Å². The van der Waals surface area contributed by atoms with Gasteiger partial charge in [0.15, 0.2) is 0 Å². The molecule has 0 radical (unpaired) electrons. The third kappa shape index (κ3) is 7.02. The Morgan fingerprint density at radius 1 is 1.05 bits per heavy atom. The summed E-state index contributed by atoms with van der Waals surface area (Å²) < 4.78 is 52.9. The summed E-state index contributed by atoms with van der Waals surface area (Å²) in [6.07, 6.45) is -2.37. The number of carbonyl (C=O) groups excluding carboxylic acids is 1. The van der Waals surface area contributed by atoms with Gasteiger partial charge < -0.3 is 19.5 Å². The number of aromatic nitrogens is 4. The highest BCUT2D eigenvalue weighted by molar-refractivity contribution is 5.69. The van der Waals surface area contributed by atoms with Crippen molar-refractivity contribution >= 4 is 6.09 Å². The molecule has 4 aromatic rings. The number of nitrogens with zero attached hydrogens (tertiary/aromatic N) is 5. The smallest absolute Gasteiger partial charge is 0.453 e. The van der Waals surface area contributed by atoms with Gasteiger partial charge in [-0.25, -0.2) is 4.79 Å².